The number of nitrogens with two attached hydrogens (primary N) is 1. The van der Waals surface area contributed by atoms with Crippen LogP contribution in [-0.4, -0.2) is 31.1 Å². The first-order valence-electron chi connectivity index (χ1n) is 7.61. The Morgan fingerprint density at radius 3 is 2.81 bits per heavy atom. The molecule has 21 heavy (non-hydrogen) atoms. The van der Waals surface area contributed by atoms with Gasteiger partial charge < -0.3 is 9.64 Å². The second-order valence-corrected chi connectivity index (χ2v) is 5.60. The summed E-state index contributed by atoms with van der Waals surface area (Å²) in [7, 11) is 3.68. The molecular formula is C16H26N4O. The summed E-state index contributed by atoms with van der Waals surface area (Å²) in [5.74, 6) is 7.28. The van der Waals surface area contributed by atoms with Crippen LogP contribution in [0, 0.1) is 0 Å². The van der Waals surface area contributed by atoms with E-state index in [2.05, 4.69) is 11.5 Å². The fourth-order valence-corrected chi connectivity index (χ4v) is 2.75. The lowest BCUT2D eigenvalue weighted by molar-refractivity contribution is 0.410. The van der Waals surface area contributed by atoms with Crippen LogP contribution in [0.25, 0.3) is 0 Å². The van der Waals surface area contributed by atoms with Gasteiger partial charge in [0.1, 0.15) is 5.75 Å². The molecule has 2 rings (SSSR count). The van der Waals surface area contributed by atoms with Crippen LogP contribution < -0.4 is 16.0 Å². The number of nitrogens with zero attached hydrogens (tertiary/aromatic N) is 2. The zero-order valence-electron chi connectivity index (χ0n) is 13.0. The van der Waals surface area contributed by atoms with Crippen molar-refractivity contribution in [1.82, 2.24) is 10.3 Å². The Balaban J connectivity index is 2.01. The lowest BCUT2D eigenvalue weighted by Gasteiger charge is -2.24. The molecule has 116 valence electrons. The summed E-state index contributed by atoms with van der Waals surface area (Å²) in [5, 5.41) is 0. The van der Waals surface area contributed by atoms with Gasteiger partial charge in [-0.3, -0.25) is 5.43 Å². The number of benzene rings is 1. The molecule has 0 atom stereocenters. The fourth-order valence-electron chi connectivity index (χ4n) is 2.75. The lowest BCUT2D eigenvalue weighted by atomic mass is 9.96. The Morgan fingerprint density at radius 1 is 1.38 bits per heavy atom. The molecule has 1 fully saturated rings. The quantitative estimate of drug-likeness (QED) is 0.386. The maximum Gasteiger partial charge on any atom is 0.208 e. The van der Waals surface area contributed by atoms with Crippen LogP contribution in [0.15, 0.2) is 29.3 Å². The standard InChI is InChI=1S/C16H26N4O/c1-20(12-13-7-6-10-15(11-13)21-2)16(19-17)18-14-8-4-3-5-9-14/h6-7,10-11,14H,3-5,8-9,12,17H2,1-2H3,(H,18,19). The largest absolute Gasteiger partial charge is 0.497 e. The summed E-state index contributed by atoms with van der Waals surface area (Å²) in [5.41, 5.74) is 3.91. The van der Waals surface area contributed by atoms with Crippen LogP contribution >= 0.6 is 0 Å². The smallest absolute Gasteiger partial charge is 0.208 e. The lowest BCUT2D eigenvalue weighted by Crippen LogP contribution is -2.43. The van der Waals surface area contributed by atoms with Crippen molar-refractivity contribution in [3.63, 3.8) is 0 Å². The van der Waals surface area contributed by atoms with Gasteiger partial charge in [-0.1, -0.05) is 31.4 Å². The van der Waals surface area contributed by atoms with Gasteiger partial charge in [-0.25, -0.2) is 10.8 Å². The van der Waals surface area contributed by atoms with Crippen LogP contribution in [0.5, 0.6) is 5.75 Å². The molecule has 0 unspecified atom stereocenters. The molecule has 3 N–H and O–H groups in total. The van der Waals surface area contributed by atoms with Gasteiger partial charge in [0.25, 0.3) is 0 Å². The first kappa shape index (κ1) is 15.6. The van der Waals surface area contributed by atoms with Crippen molar-refractivity contribution in [2.75, 3.05) is 14.2 Å². The summed E-state index contributed by atoms with van der Waals surface area (Å²) in [4.78, 5) is 6.81. The first-order chi connectivity index (χ1) is 10.2. The highest BCUT2D eigenvalue weighted by Crippen LogP contribution is 2.20. The molecule has 0 radical (unpaired) electrons. The average molecular weight is 290 g/mol. The van der Waals surface area contributed by atoms with E-state index in [1.54, 1.807) is 7.11 Å². The molecule has 5 nitrogen and oxygen atoms in total. The van der Waals surface area contributed by atoms with Gasteiger partial charge >= 0.3 is 0 Å². The molecule has 0 saturated heterocycles. The van der Waals surface area contributed by atoms with Crippen LogP contribution in [0.4, 0.5) is 0 Å². The fraction of sp³-hybridized carbons (Fsp3) is 0.562. The molecule has 0 bridgehead atoms. The molecule has 0 aliphatic heterocycles. The van der Waals surface area contributed by atoms with E-state index >= 15 is 0 Å². The van der Waals surface area contributed by atoms with Crippen molar-refractivity contribution in [1.29, 1.82) is 0 Å². The van der Waals surface area contributed by atoms with Gasteiger partial charge in [0.15, 0.2) is 0 Å². The molecular weight excluding hydrogens is 264 g/mol. The number of aliphatic imine (C=N–C) groups is 1. The third kappa shape index (κ3) is 4.63. The zero-order chi connectivity index (χ0) is 15.1. The molecule has 0 heterocycles. The number of ether oxygens (including phenoxy) is 1. The van der Waals surface area contributed by atoms with E-state index in [0.29, 0.717) is 6.04 Å². The predicted molar refractivity (Wildman–Crippen MR) is 86.1 cm³/mol. The van der Waals surface area contributed by atoms with Crippen LogP contribution in [0.2, 0.25) is 0 Å². The molecule has 5 heteroatoms. The van der Waals surface area contributed by atoms with E-state index in [9.17, 15) is 0 Å². The van der Waals surface area contributed by atoms with Gasteiger partial charge in [0.2, 0.25) is 5.96 Å². The van der Waals surface area contributed by atoms with Crippen molar-refractivity contribution < 1.29 is 4.74 Å². The third-order valence-electron chi connectivity index (χ3n) is 3.92. The van der Waals surface area contributed by atoms with E-state index < -0.39 is 0 Å². The normalized spacial score (nSPS) is 16.6. The summed E-state index contributed by atoms with van der Waals surface area (Å²) < 4.78 is 5.26. The first-order valence-corrected chi connectivity index (χ1v) is 7.61. The molecule has 1 aliphatic carbocycles. The molecule has 1 aromatic carbocycles. The van der Waals surface area contributed by atoms with E-state index in [1.807, 2.05) is 30.1 Å². The van der Waals surface area contributed by atoms with Crippen LogP contribution in [0.1, 0.15) is 37.7 Å². The highest BCUT2D eigenvalue weighted by atomic mass is 16.5. The number of methoxy groups -OCH3 is 1. The number of hydrogen-bond acceptors (Lipinski definition) is 3. The molecule has 0 amide bonds. The van der Waals surface area contributed by atoms with Gasteiger partial charge in [-0.05, 0) is 30.5 Å². The van der Waals surface area contributed by atoms with E-state index in [0.717, 1.165) is 31.1 Å². The average Bonchev–Trinajstić information content (AvgIpc) is 2.53. The minimum Gasteiger partial charge on any atom is -0.497 e. The molecule has 1 aliphatic rings. The number of nitrogens with one attached hydrogen (secondary N) is 1. The van der Waals surface area contributed by atoms with Crippen molar-refractivity contribution in [3.8, 4) is 5.75 Å². The summed E-state index contributed by atoms with van der Waals surface area (Å²) in [6, 6.07) is 8.45. The second-order valence-electron chi connectivity index (χ2n) is 5.60. The molecule has 1 aromatic rings. The number of guanidine groups is 1. The van der Waals surface area contributed by atoms with E-state index in [4.69, 9.17) is 15.6 Å². The Hall–Kier alpha value is -1.75. The molecule has 1 saturated carbocycles. The summed E-state index contributed by atoms with van der Waals surface area (Å²) in [6.45, 7) is 0.743. The second kappa shape index (κ2) is 7.88. The Bertz CT molecular complexity index is 469. The third-order valence-corrected chi connectivity index (χ3v) is 3.92. The maximum absolute atomic E-state index is 5.65. The number of rotatable bonds is 4. The summed E-state index contributed by atoms with van der Waals surface area (Å²) >= 11 is 0. The van der Waals surface area contributed by atoms with Crippen LogP contribution in [0.3, 0.4) is 0 Å². The maximum atomic E-state index is 5.65. The highest BCUT2D eigenvalue weighted by molar-refractivity contribution is 5.79. The summed E-state index contributed by atoms with van der Waals surface area (Å²) in [6.07, 6.45) is 6.20. The van der Waals surface area contributed by atoms with Crippen molar-refractivity contribution in [3.05, 3.63) is 29.8 Å². The molecule has 0 spiro atoms. The Morgan fingerprint density at radius 2 is 2.14 bits per heavy atom. The Kier molecular flexibility index (Phi) is 5.87. The van der Waals surface area contributed by atoms with Gasteiger partial charge in [-0.2, -0.15) is 0 Å². The van der Waals surface area contributed by atoms with Crippen molar-refractivity contribution >= 4 is 5.96 Å². The van der Waals surface area contributed by atoms with Crippen LogP contribution in [-0.2, 0) is 6.54 Å². The minimum atomic E-state index is 0.401. The van der Waals surface area contributed by atoms with Gasteiger partial charge in [-0.15, -0.1) is 0 Å². The van der Waals surface area contributed by atoms with E-state index in [1.165, 1.54) is 24.8 Å². The van der Waals surface area contributed by atoms with Gasteiger partial charge in [0, 0.05) is 13.6 Å². The predicted octanol–water partition coefficient (Wildman–Crippen LogP) is 2.28. The highest BCUT2D eigenvalue weighted by Gasteiger charge is 2.15. The monoisotopic (exact) mass is 290 g/mol. The zero-order valence-corrected chi connectivity index (χ0v) is 13.0. The SMILES string of the molecule is COc1cccc(CN(C)C(=NC2CCCCC2)NN)c1. The topological polar surface area (TPSA) is 62.9 Å². The molecule has 0 aromatic heterocycles. The minimum absolute atomic E-state index is 0.401. The number of hydrogen-bond donors (Lipinski definition) is 2. The van der Waals surface area contributed by atoms with Crippen molar-refractivity contribution in [2.24, 2.45) is 10.8 Å². The van der Waals surface area contributed by atoms with E-state index in [-0.39, 0.29) is 0 Å². The number of hydrazine groups is 1. The van der Waals surface area contributed by atoms with Gasteiger partial charge in [0.05, 0.1) is 13.2 Å². The Labute approximate surface area is 127 Å². The van der Waals surface area contributed by atoms with Crippen molar-refractivity contribution in [2.45, 2.75) is 44.7 Å².